The topological polar surface area (TPSA) is 26.0 Å². The summed E-state index contributed by atoms with van der Waals surface area (Å²) >= 11 is 0. The Balaban J connectivity index is 0.000000845. The fourth-order valence-electron chi connectivity index (χ4n) is 1.78. The van der Waals surface area contributed by atoms with Crippen LogP contribution < -0.4 is 5.73 Å². The van der Waals surface area contributed by atoms with Crippen LogP contribution in [-0.4, -0.2) is 0 Å². The first-order chi connectivity index (χ1) is 5.83. The van der Waals surface area contributed by atoms with Crippen molar-refractivity contribution in [1.82, 2.24) is 0 Å². The average Bonchev–Trinajstić information content (AvgIpc) is 2.86. The maximum Gasteiger partial charge on any atom is 0.0183 e. The lowest BCUT2D eigenvalue weighted by atomic mass is 9.99. The van der Waals surface area contributed by atoms with E-state index in [4.69, 9.17) is 5.73 Å². The maximum absolute atomic E-state index is 5.72. The SMILES string of the molecule is Cc1cccc(C2CC2)c1CN.Cl. The van der Waals surface area contributed by atoms with E-state index in [2.05, 4.69) is 25.1 Å². The maximum atomic E-state index is 5.72. The van der Waals surface area contributed by atoms with Gasteiger partial charge in [0.1, 0.15) is 0 Å². The van der Waals surface area contributed by atoms with Gasteiger partial charge < -0.3 is 5.73 Å². The van der Waals surface area contributed by atoms with Crippen LogP contribution in [0.5, 0.6) is 0 Å². The molecule has 0 heterocycles. The lowest BCUT2D eigenvalue weighted by molar-refractivity contribution is 0.980. The first kappa shape index (κ1) is 10.6. The molecule has 0 amide bonds. The van der Waals surface area contributed by atoms with Gasteiger partial charge in [0.15, 0.2) is 0 Å². The molecule has 72 valence electrons. The molecule has 1 aromatic carbocycles. The summed E-state index contributed by atoms with van der Waals surface area (Å²) in [6.07, 6.45) is 2.72. The minimum Gasteiger partial charge on any atom is -0.326 e. The van der Waals surface area contributed by atoms with Crippen LogP contribution in [0.2, 0.25) is 0 Å². The van der Waals surface area contributed by atoms with E-state index in [-0.39, 0.29) is 12.4 Å². The summed E-state index contributed by atoms with van der Waals surface area (Å²) in [5, 5.41) is 0. The van der Waals surface area contributed by atoms with Gasteiger partial charge in [0, 0.05) is 6.54 Å². The Morgan fingerprint density at radius 3 is 2.62 bits per heavy atom. The summed E-state index contributed by atoms with van der Waals surface area (Å²) in [6.45, 7) is 2.84. The fourth-order valence-corrected chi connectivity index (χ4v) is 1.78. The van der Waals surface area contributed by atoms with Crippen molar-refractivity contribution in [2.24, 2.45) is 5.73 Å². The number of rotatable bonds is 2. The second-order valence-electron chi connectivity index (χ2n) is 3.62. The number of nitrogens with two attached hydrogens (primary N) is 1. The Kier molecular flexibility index (Phi) is 3.34. The van der Waals surface area contributed by atoms with E-state index >= 15 is 0 Å². The lowest BCUT2D eigenvalue weighted by Crippen LogP contribution is -2.03. The Morgan fingerprint density at radius 2 is 2.08 bits per heavy atom. The van der Waals surface area contributed by atoms with Crippen molar-refractivity contribution >= 4 is 12.4 Å². The van der Waals surface area contributed by atoms with Crippen molar-refractivity contribution in [2.75, 3.05) is 0 Å². The highest BCUT2D eigenvalue weighted by Crippen LogP contribution is 2.42. The zero-order chi connectivity index (χ0) is 8.55. The molecule has 1 nitrogen and oxygen atoms in total. The predicted molar refractivity (Wildman–Crippen MR) is 58.3 cm³/mol. The van der Waals surface area contributed by atoms with Gasteiger partial charge in [0.25, 0.3) is 0 Å². The standard InChI is InChI=1S/C11H15N.ClH/c1-8-3-2-4-10(9-5-6-9)11(8)7-12;/h2-4,9H,5-7,12H2,1H3;1H. The zero-order valence-electron chi connectivity index (χ0n) is 7.92. The monoisotopic (exact) mass is 197 g/mol. The molecule has 13 heavy (non-hydrogen) atoms. The molecule has 1 aliphatic carbocycles. The molecule has 0 spiro atoms. The Labute approximate surface area is 85.7 Å². The molecule has 0 unspecified atom stereocenters. The van der Waals surface area contributed by atoms with Gasteiger partial charge in [-0.1, -0.05) is 18.2 Å². The van der Waals surface area contributed by atoms with Gasteiger partial charge in [-0.25, -0.2) is 0 Å². The molecule has 0 aromatic heterocycles. The average molecular weight is 198 g/mol. The molecule has 0 aliphatic heterocycles. The largest absolute Gasteiger partial charge is 0.326 e. The van der Waals surface area contributed by atoms with E-state index in [0.717, 1.165) is 5.92 Å². The fraction of sp³-hybridized carbons (Fsp3) is 0.455. The van der Waals surface area contributed by atoms with Crippen molar-refractivity contribution < 1.29 is 0 Å². The van der Waals surface area contributed by atoms with Crippen LogP contribution in [0.1, 0.15) is 35.4 Å². The first-order valence-corrected chi connectivity index (χ1v) is 4.61. The molecular weight excluding hydrogens is 182 g/mol. The van der Waals surface area contributed by atoms with Crippen molar-refractivity contribution in [2.45, 2.75) is 32.2 Å². The minimum atomic E-state index is 0. The summed E-state index contributed by atoms with van der Waals surface area (Å²) in [5.41, 5.74) is 9.94. The highest BCUT2D eigenvalue weighted by Gasteiger charge is 2.25. The quantitative estimate of drug-likeness (QED) is 0.776. The van der Waals surface area contributed by atoms with Gasteiger partial charge in [-0.2, -0.15) is 0 Å². The van der Waals surface area contributed by atoms with Gasteiger partial charge in [0.05, 0.1) is 0 Å². The third kappa shape index (κ3) is 2.04. The molecule has 0 saturated heterocycles. The third-order valence-electron chi connectivity index (χ3n) is 2.67. The first-order valence-electron chi connectivity index (χ1n) is 4.61. The van der Waals surface area contributed by atoms with Crippen LogP contribution in [0, 0.1) is 6.92 Å². The molecular formula is C11H16ClN. The molecule has 2 heteroatoms. The predicted octanol–water partition coefficient (Wildman–Crippen LogP) is 2.75. The molecule has 0 atom stereocenters. The van der Waals surface area contributed by atoms with E-state index in [9.17, 15) is 0 Å². The molecule has 0 radical (unpaired) electrons. The van der Waals surface area contributed by atoms with Gasteiger partial charge in [-0.15, -0.1) is 12.4 Å². The summed E-state index contributed by atoms with van der Waals surface area (Å²) in [4.78, 5) is 0. The second kappa shape index (κ2) is 4.12. The minimum absolute atomic E-state index is 0. The number of benzene rings is 1. The molecule has 1 aliphatic rings. The van der Waals surface area contributed by atoms with Crippen LogP contribution in [0.15, 0.2) is 18.2 Å². The molecule has 1 aromatic rings. The van der Waals surface area contributed by atoms with Crippen LogP contribution in [-0.2, 0) is 6.54 Å². The zero-order valence-corrected chi connectivity index (χ0v) is 8.73. The number of halogens is 1. The van der Waals surface area contributed by atoms with Gasteiger partial charge in [0.2, 0.25) is 0 Å². The molecule has 0 bridgehead atoms. The van der Waals surface area contributed by atoms with Crippen LogP contribution in [0.4, 0.5) is 0 Å². The molecule has 2 rings (SSSR count). The van der Waals surface area contributed by atoms with Crippen molar-refractivity contribution in [1.29, 1.82) is 0 Å². The summed E-state index contributed by atoms with van der Waals surface area (Å²) in [6, 6.07) is 6.52. The molecule has 1 fully saturated rings. The Bertz CT molecular complexity index is 292. The van der Waals surface area contributed by atoms with Crippen molar-refractivity contribution in [3.05, 3.63) is 34.9 Å². The van der Waals surface area contributed by atoms with Crippen molar-refractivity contribution in [3.63, 3.8) is 0 Å². The summed E-state index contributed by atoms with van der Waals surface area (Å²) in [7, 11) is 0. The number of aryl methyl sites for hydroxylation is 1. The van der Waals surface area contributed by atoms with E-state index in [1.165, 1.54) is 29.5 Å². The lowest BCUT2D eigenvalue weighted by Gasteiger charge is -2.08. The number of hydrogen-bond donors (Lipinski definition) is 1. The third-order valence-corrected chi connectivity index (χ3v) is 2.67. The molecule has 2 N–H and O–H groups in total. The van der Waals surface area contributed by atoms with E-state index in [1.807, 2.05) is 0 Å². The number of hydrogen-bond acceptors (Lipinski definition) is 1. The van der Waals surface area contributed by atoms with E-state index in [0.29, 0.717) is 6.54 Å². The molecule has 1 saturated carbocycles. The Hall–Kier alpha value is -0.530. The van der Waals surface area contributed by atoms with Crippen LogP contribution in [0.25, 0.3) is 0 Å². The normalized spacial score (nSPS) is 15.2. The van der Waals surface area contributed by atoms with Crippen LogP contribution >= 0.6 is 12.4 Å². The van der Waals surface area contributed by atoms with Gasteiger partial charge in [-0.05, 0) is 42.4 Å². The smallest absolute Gasteiger partial charge is 0.0183 e. The Morgan fingerprint density at radius 1 is 1.38 bits per heavy atom. The highest BCUT2D eigenvalue weighted by molar-refractivity contribution is 5.85. The highest BCUT2D eigenvalue weighted by atomic mass is 35.5. The summed E-state index contributed by atoms with van der Waals surface area (Å²) < 4.78 is 0. The van der Waals surface area contributed by atoms with Crippen LogP contribution in [0.3, 0.4) is 0 Å². The van der Waals surface area contributed by atoms with Gasteiger partial charge in [-0.3, -0.25) is 0 Å². The second-order valence-corrected chi connectivity index (χ2v) is 3.62. The van der Waals surface area contributed by atoms with Crippen molar-refractivity contribution in [3.8, 4) is 0 Å². The van der Waals surface area contributed by atoms with E-state index < -0.39 is 0 Å². The summed E-state index contributed by atoms with van der Waals surface area (Å²) in [5.74, 6) is 0.823. The van der Waals surface area contributed by atoms with Gasteiger partial charge >= 0.3 is 0 Å². The van der Waals surface area contributed by atoms with E-state index in [1.54, 1.807) is 0 Å².